The van der Waals surface area contributed by atoms with Crippen molar-refractivity contribution in [2.45, 2.75) is 6.92 Å². The molecule has 0 atom stereocenters. The predicted octanol–water partition coefficient (Wildman–Crippen LogP) is 4.24. The zero-order valence-electron chi connectivity index (χ0n) is 16.7. The third-order valence-corrected chi connectivity index (χ3v) is 5.39. The van der Waals surface area contributed by atoms with Crippen LogP contribution in [-0.4, -0.2) is 34.7 Å². The summed E-state index contributed by atoms with van der Waals surface area (Å²) in [6, 6.07) is 12.2. The van der Waals surface area contributed by atoms with Gasteiger partial charge in [-0.05, 0) is 37.3 Å². The van der Waals surface area contributed by atoms with Crippen LogP contribution in [-0.2, 0) is 0 Å². The molecule has 31 heavy (non-hydrogen) atoms. The summed E-state index contributed by atoms with van der Waals surface area (Å²) in [6.45, 7) is 1.98. The summed E-state index contributed by atoms with van der Waals surface area (Å²) in [4.78, 5) is 16.6. The van der Waals surface area contributed by atoms with Gasteiger partial charge in [0, 0.05) is 40.4 Å². The summed E-state index contributed by atoms with van der Waals surface area (Å²) >= 11 is 0. The van der Waals surface area contributed by atoms with E-state index in [1.165, 1.54) is 0 Å². The number of fused-ring (bicyclic) bond motifs is 2. The molecule has 6 aromatic rings. The van der Waals surface area contributed by atoms with E-state index in [-0.39, 0.29) is 0 Å². The van der Waals surface area contributed by atoms with Crippen molar-refractivity contribution in [2.75, 3.05) is 5.73 Å². The molecule has 150 valence electrons. The van der Waals surface area contributed by atoms with Crippen LogP contribution in [0.2, 0.25) is 0 Å². The van der Waals surface area contributed by atoms with E-state index in [0.29, 0.717) is 5.69 Å². The molecule has 0 saturated heterocycles. The summed E-state index contributed by atoms with van der Waals surface area (Å²) in [7, 11) is 0. The van der Waals surface area contributed by atoms with Crippen molar-refractivity contribution in [3.63, 3.8) is 0 Å². The normalized spacial score (nSPS) is 11.5. The molecule has 0 aliphatic carbocycles. The molecular weight excluding hydrogens is 388 g/mol. The molecule has 5 aromatic heterocycles. The van der Waals surface area contributed by atoms with Crippen LogP contribution < -0.4 is 5.73 Å². The van der Waals surface area contributed by atoms with E-state index in [1.807, 2.05) is 42.2 Å². The first-order valence-corrected chi connectivity index (χ1v) is 9.84. The van der Waals surface area contributed by atoms with Crippen molar-refractivity contribution in [2.24, 2.45) is 0 Å². The highest BCUT2D eigenvalue weighted by Crippen LogP contribution is 2.32. The maximum atomic E-state index is 5.90. The van der Waals surface area contributed by atoms with Gasteiger partial charge in [-0.3, -0.25) is 15.1 Å². The van der Waals surface area contributed by atoms with E-state index in [9.17, 15) is 0 Å². The summed E-state index contributed by atoms with van der Waals surface area (Å²) in [5.74, 6) is 0. The molecule has 5 heterocycles. The number of H-pyrrole nitrogens is 2. The Labute approximate surface area is 176 Å². The number of aryl methyl sites for hydroxylation is 1. The topological polar surface area (TPSA) is 114 Å². The molecule has 0 unspecified atom stereocenters. The number of nitrogens with zero attached hydrogens (tertiary/aromatic N) is 5. The largest absolute Gasteiger partial charge is 0.397 e. The molecule has 0 aliphatic heterocycles. The molecule has 1 aromatic carbocycles. The number of aromatic nitrogens is 7. The predicted molar refractivity (Wildman–Crippen MR) is 121 cm³/mol. The van der Waals surface area contributed by atoms with Crippen molar-refractivity contribution < 1.29 is 0 Å². The van der Waals surface area contributed by atoms with Gasteiger partial charge in [0.2, 0.25) is 0 Å². The molecule has 0 aliphatic rings. The Morgan fingerprint density at radius 2 is 1.90 bits per heavy atom. The molecule has 0 saturated carbocycles. The molecule has 4 N–H and O–H groups in total. The number of aromatic amines is 2. The number of imidazole rings is 1. The van der Waals surface area contributed by atoms with E-state index in [2.05, 4.69) is 48.3 Å². The molecule has 0 bridgehead atoms. The second-order valence-electron chi connectivity index (χ2n) is 7.54. The van der Waals surface area contributed by atoms with Gasteiger partial charge in [0.15, 0.2) is 0 Å². The van der Waals surface area contributed by atoms with Gasteiger partial charge in [-0.2, -0.15) is 5.10 Å². The number of anilines is 1. The van der Waals surface area contributed by atoms with Crippen LogP contribution in [0.1, 0.15) is 5.69 Å². The highest BCUT2D eigenvalue weighted by Gasteiger charge is 2.15. The van der Waals surface area contributed by atoms with Gasteiger partial charge in [-0.15, -0.1) is 0 Å². The van der Waals surface area contributed by atoms with Crippen molar-refractivity contribution in [1.29, 1.82) is 0 Å². The Morgan fingerprint density at radius 1 is 0.968 bits per heavy atom. The van der Waals surface area contributed by atoms with Crippen molar-refractivity contribution >= 4 is 27.5 Å². The van der Waals surface area contributed by atoms with Gasteiger partial charge in [0.05, 0.1) is 46.5 Å². The number of nitrogens with one attached hydrogen (secondary N) is 2. The number of rotatable bonds is 3. The zero-order chi connectivity index (χ0) is 20.9. The standard InChI is InChI=1S/C23H18N8/c1-13-11-31(12-27-13)22-4-2-3-18-16(22)6-20(28-18)23-17-7-19(26-10-21(17)29-30-23)14-5-15(24)9-25-8-14/h2-12,28H,24H2,1H3,(H,29,30). The van der Waals surface area contributed by atoms with Crippen molar-refractivity contribution in [1.82, 2.24) is 34.7 Å². The zero-order valence-corrected chi connectivity index (χ0v) is 16.7. The maximum Gasteiger partial charge on any atom is 0.116 e. The summed E-state index contributed by atoms with van der Waals surface area (Å²) in [5, 5.41) is 9.72. The second-order valence-corrected chi connectivity index (χ2v) is 7.54. The quantitative estimate of drug-likeness (QED) is 0.407. The van der Waals surface area contributed by atoms with Crippen molar-refractivity contribution in [3.05, 3.63) is 73.2 Å². The minimum absolute atomic E-state index is 0.602. The Balaban J connectivity index is 1.51. The van der Waals surface area contributed by atoms with Gasteiger partial charge in [-0.25, -0.2) is 4.98 Å². The summed E-state index contributed by atoms with van der Waals surface area (Å²) in [6.07, 6.45) is 9.01. The SMILES string of the molecule is Cc1cn(-c2cccc3[nH]c(-c4n[nH]c5cnc(-c6cncc(N)c6)cc45)cc23)cn1. The van der Waals surface area contributed by atoms with E-state index >= 15 is 0 Å². The number of pyridine rings is 2. The van der Waals surface area contributed by atoms with Gasteiger partial charge >= 0.3 is 0 Å². The monoisotopic (exact) mass is 406 g/mol. The lowest BCUT2D eigenvalue weighted by molar-refractivity contribution is 1.07. The molecule has 8 nitrogen and oxygen atoms in total. The summed E-state index contributed by atoms with van der Waals surface area (Å²) < 4.78 is 2.03. The lowest BCUT2D eigenvalue weighted by Gasteiger charge is -2.03. The van der Waals surface area contributed by atoms with E-state index in [0.717, 1.165) is 55.8 Å². The lowest BCUT2D eigenvalue weighted by atomic mass is 10.1. The first-order chi connectivity index (χ1) is 15.2. The number of hydrogen-bond acceptors (Lipinski definition) is 5. The van der Waals surface area contributed by atoms with Crippen LogP contribution in [0, 0.1) is 6.92 Å². The first-order valence-electron chi connectivity index (χ1n) is 9.84. The fourth-order valence-corrected chi connectivity index (χ4v) is 3.92. The molecule has 6 rings (SSSR count). The minimum atomic E-state index is 0.602. The molecule has 0 radical (unpaired) electrons. The second kappa shape index (κ2) is 6.53. The smallest absolute Gasteiger partial charge is 0.116 e. The molecule has 8 heteroatoms. The molecular formula is C23H18N8. The molecule has 0 fully saturated rings. The fraction of sp³-hybridized carbons (Fsp3) is 0.0435. The molecule has 0 spiro atoms. The Hall–Kier alpha value is -4.46. The fourth-order valence-electron chi connectivity index (χ4n) is 3.92. The van der Waals surface area contributed by atoms with Crippen LogP contribution in [0.4, 0.5) is 5.69 Å². The average Bonchev–Trinajstić information content (AvgIpc) is 3.50. The third-order valence-electron chi connectivity index (χ3n) is 5.39. The summed E-state index contributed by atoms with van der Waals surface area (Å²) in [5.41, 5.74) is 13.8. The lowest BCUT2D eigenvalue weighted by Crippen LogP contribution is -1.89. The average molecular weight is 406 g/mol. The van der Waals surface area contributed by atoms with E-state index < -0.39 is 0 Å². The number of hydrogen-bond donors (Lipinski definition) is 3. The first kappa shape index (κ1) is 17.4. The van der Waals surface area contributed by atoms with E-state index in [1.54, 1.807) is 18.6 Å². The minimum Gasteiger partial charge on any atom is -0.397 e. The van der Waals surface area contributed by atoms with E-state index in [4.69, 9.17) is 5.73 Å². The highest BCUT2D eigenvalue weighted by molar-refractivity contribution is 5.98. The van der Waals surface area contributed by atoms with Crippen LogP contribution in [0.5, 0.6) is 0 Å². The van der Waals surface area contributed by atoms with Crippen LogP contribution in [0.15, 0.2) is 67.5 Å². The number of nitrogen functional groups attached to an aromatic ring is 1. The highest BCUT2D eigenvalue weighted by atomic mass is 15.1. The molecule has 0 amide bonds. The van der Waals surface area contributed by atoms with Crippen LogP contribution in [0.25, 0.3) is 50.1 Å². The number of benzene rings is 1. The van der Waals surface area contributed by atoms with Crippen LogP contribution >= 0.6 is 0 Å². The van der Waals surface area contributed by atoms with Crippen LogP contribution in [0.3, 0.4) is 0 Å². The van der Waals surface area contributed by atoms with Gasteiger partial charge in [-0.1, -0.05) is 6.07 Å². The van der Waals surface area contributed by atoms with Crippen molar-refractivity contribution in [3.8, 4) is 28.3 Å². The van der Waals surface area contributed by atoms with Gasteiger partial charge in [0.25, 0.3) is 0 Å². The Morgan fingerprint density at radius 3 is 2.74 bits per heavy atom. The van der Waals surface area contributed by atoms with Gasteiger partial charge < -0.3 is 15.3 Å². The van der Waals surface area contributed by atoms with Gasteiger partial charge in [0.1, 0.15) is 5.69 Å². The Kier molecular flexibility index (Phi) is 3.66. The third kappa shape index (κ3) is 2.84. The maximum absolute atomic E-state index is 5.90. The Bertz CT molecular complexity index is 1570. The number of nitrogens with two attached hydrogens (primary N) is 1.